The standard InChI is InChI=1S/C16H22N2O5S2/c1-15(2)10-3-4-16(15,12(19)5-10)9-25(22,23)17-6-11(7-17)18-13(20)8-24-14(18)21/h10-11H,3-9H2,1-2H3. The van der Waals surface area contributed by atoms with E-state index in [9.17, 15) is 22.8 Å². The Bertz CT molecular complexity index is 755. The van der Waals surface area contributed by atoms with Crippen LogP contribution in [0.15, 0.2) is 0 Å². The summed E-state index contributed by atoms with van der Waals surface area (Å²) in [7, 11) is -3.60. The van der Waals surface area contributed by atoms with Gasteiger partial charge in [-0.05, 0) is 24.2 Å². The summed E-state index contributed by atoms with van der Waals surface area (Å²) in [6.45, 7) is 4.33. The molecule has 25 heavy (non-hydrogen) atoms. The van der Waals surface area contributed by atoms with Crippen LogP contribution >= 0.6 is 11.8 Å². The largest absolute Gasteiger partial charge is 0.299 e. The minimum Gasteiger partial charge on any atom is -0.299 e. The fraction of sp³-hybridized carbons (Fsp3) is 0.812. The maximum absolute atomic E-state index is 12.9. The van der Waals surface area contributed by atoms with Gasteiger partial charge in [0.1, 0.15) is 5.78 Å². The van der Waals surface area contributed by atoms with Crippen molar-refractivity contribution in [1.29, 1.82) is 0 Å². The molecule has 0 aromatic heterocycles. The number of imide groups is 1. The number of carbonyl (C=O) groups is 3. The predicted octanol–water partition coefficient (Wildman–Crippen LogP) is 1.09. The number of rotatable bonds is 4. The summed E-state index contributed by atoms with van der Waals surface area (Å²) >= 11 is 0.959. The number of carbonyl (C=O) groups excluding carboxylic acids is 3. The van der Waals surface area contributed by atoms with E-state index in [0.717, 1.165) is 18.2 Å². The van der Waals surface area contributed by atoms with Crippen molar-refractivity contribution in [2.24, 2.45) is 16.7 Å². The van der Waals surface area contributed by atoms with Gasteiger partial charge in [-0.25, -0.2) is 8.42 Å². The van der Waals surface area contributed by atoms with E-state index in [0.29, 0.717) is 12.8 Å². The third-order valence-electron chi connectivity index (χ3n) is 6.94. The van der Waals surface area contributed by atoms with Crippen LogP contribution in [0.4, 0.5) is 4.79 Å². The number of hydrogen-bond acceptors (Lipinski definition) is 6. The number of thioether (sulfide) groups is 1. The van der Waals surface area contributed by atoms with Crippen LogP contribution in [0.5, 0.6) is 0 Å². The summed E-state index contributed by atoms with van der Waals surface area (Å²) < 4.78 is 27.1. The van der Waals surface area contributed by atoms with Crippen LogP contribution in [0.3, 0.4) is 0 Å². The molecule has 7 nitrogen and oxygen atoms in total. The van der Waals surface area contributed by atoms with E-state index >= 15 is 0 Å². The average Bonchev–Trinajstić information content (AvgIpc) is 2.96. The highest BCUT2D eigenvalue weighted by molar-refractivity contribution is 8.14. The molecule has 2 aliphatic heterocycles. The number of nitrogens with zero attached hydrogens (tertiary/aromatic N) is 2. The Morgan fingerprint density at radius 2 is 1.88 bits per heavy atom. The van der Waals surface area contributed by atoms with Crippen LogP contribution < -0.4 is 0 Å². The van der Waals surface area contributed by atoms with E-state index in [2.05, 4.69) is 0 Å². The number of fused-ring (bicyclic) bond motifs is 2. The van der Waals surface area contributed by atoms with Crippen molar-refractivity contribution < 1.29 is 22.8 Å². The minimum atomic E-state index is -3.60. The molecule has 9 heteroatoms. The number of hydrogen-bond donors (Lipinski definition) is 0. The highest BCUT2D eigenvalue weighted by Gasteiger charge is 2.66. The SMILES string of the molecule is CC1(C)C2CCC1(CS(=O)(=O)N1CC(N3C(=O)CSC3=O)C1)C(=O)C2. The molecule has 4 rings (SSSR count). The molecule has 2 atom stereocenters. The van der Waals surface area contributed by atoms with Crippen LogP contribution in [-0.2, 0) is 19.6 Å². The van der Waals surface area contributed by atoms with Gasteiger partial charge >= 0.3 is 0 Å². The quantitative estimate of drug-likeness (QED) is 0.718. The fourth-order valence-electron chi connectivity index (χ4n) is 5.03. The average molecular weight is 386 g/mol. The molecule has 0 N–H and O–H groups in total. The van der Waals surface area contributed by atoms with Crippen molar-refractivity contribution in [3.05, 3.63) is 0 Å². The minimum absolute atomic E-state index is 0.0793. The summed E-state index contributed by atoms with van der Waals surface area (Å²) in [4.78, 5) is 37.2. The van der Waals surface area contributed by atoms with Crippen LogP contribution in [0.25, 0.3) is 0 Å². The smallest absolute Gasteiger partial charge is 0.289 e. The van der Waals surface area contributed by atoms with Gasteiger partial charge in [-0.3, -0.25) is 19.3 Å². The molecule has 0 radical (unpaired) electrons. The second-order valence-electron chi connectivity index (χ2n) is 8.21. The summed E-state index contributed by atoms with van der Waals surface area (Å²) in [5.41, 5.74) is -1.07. The fourth-order valence-corrected chi connectivity index (χ4v) is 8.09. The summed E-state index contributed by atoms with van der Waals surface area (Å²) in [5, 5.41) is -0.295. The first kappa shape index (κ1) is 17.5. The topological polar surface area (TPSA) is 91.8 Å². The summed E-state index contributed by atoms with van der Waals surface area (Å²) in [6, 6.07) is -0.370. The van der Waals surface area contributed by atoms with Crippen molar-refractivity contribution in [2.45, 2.75) is 39.2 Å². The highest BCUT2D eigenvalue weighted by atomic mass is 32.2. The van der Waals surface area contributed by atoms with Crippen LogP contribution in [0, 0.1) is 16.7 Å². The van der Waals surface area contributed by atoms with Crippen LogP contribution in [-0.4, -0.2) is 65.2 Å². The second-order valence-corrected chi connectivity index (χ2v) is 11.1. The molecule has 4 fully saturated rings. The normalized spacial score (nSPS) is 35.7. The molecule has 2 saturated carbocycles. The number of sulfonamides is 1. The zero-order chi connectivity index (χ0) is 18.2. The lowest BCUT2D eigenvalue weighted by atomic mass is 9.70. The first-order chi connectivity index (χ1) is 11.6. The predicted molar refractivity (Wildman–Crippen MR) is 92.4 cm³/mol. The van der Waals surface area contributed by atoms with Gasteiger partial charge in [-0.1, -0.05) is 25.6 Å². The molecule has 2 amide bonds. The first-order valence-corrected chi connectivity index (χ1v) is 11.2. The van der Waals surface area contributed by atoms with Crippen molar-refractivity contribution in [3.8, 4) is 0 Å². The molecule has 2 heterocycles. The summed E-state index contributed by atoms with van der Waals surface area (Å²) in [5.74, 6) is 0.0920. The van der Waals surface area contributed by atoms with Gasteiger partial charge in [0.15, 0.2) is 0 Å². The Hall–Kier alpha value is -0.930. The van der Waals surface area contributed by atoms with E-state index in [1.165, 1.54) is 9.21 Å². The Kier molecular flexibility index (Phi) is 3.70. The molecule has 2 aliphatic carbocycles. The third-order valence-corrected chi connectivity index (χ3v) is 9.72. The molecule has 0 spiro atoms. The van der Waals surface area contributed by atoms with Gasteiger partial charge in [-0.15, -0.1) is 0 Å². The Morgan fingerprint density at radius 1 is 1.20 bits per heavy atom. The van der Waals surface area contributed by atoms with Crippen molar-refractivity contribution >= 4 is 38.7 Å². The Balaban J connectivity index is 1.48. The van der Waals surface area contributed by atoms with Gasteiger partial charge in [0.2, 0.25) is 15.9 Å². The van der Waals surface area contributed by atoms with Gasteiger partial charge in [0, 0.05) is 24.9 Å². The van der Waals surface area contributed by atoms with Gasteiger partial charge in [0.05, 0.1) is 17.5 Å². The van der Waals surface area contributed by atoms with Gasteiger partial charge in [0.25, 0.3) is 5.24 Å². The van der Waals surface area contributed by atoms with Gasteiger partial charge in [-0.2, -0.15) is 4.31 Å². The molecule has 2 saturated heterocycles. The lowest BCUT2D eigenvalue weighted by Crippen LogP contribution is -2.63. The zero-order valence-corrected chi connectivity index (χ0v) is 16.0. The van der Waals surface area contributed by atoms with Crippen molar-refractivity contribution in [2.75, 3.05) is 24.6 Å². The molecule has 138 valence electrons. The van der Waals surface area contributed by atoms with E-state index in [4.69, 9.17) is 0 Å². The van der Waals surface area contributed by atoms with E-state index in [1.807, 2.05) is 13.8 Å². The Morgan fingerprint density at radius 3 is 2.36 bits per heavy atom. The summed E-state index contributed by atoms with van der Waals surface area (Å²) in [6.07, 6.45) is 2.03. The first-order valence-electron chi connectivity index (χ1n) is 8.58. The second kappa shape index (κ2) is 5.29. The molecular weight excluding hydrogens is 364 g/mol. The number of amides is 2. The Labute approximate surface area is 151 Å². The maximum Gasteiger partial charge on any atom is 0.289 e. The number of ketones is 1. The monoisotopic (exact) mass is 386 g/mol. The van der Waals surface area contributed by atoms with Crippen LogP contribution in [0.1, 0.15) is 33.1 Å². The lowest BCUT2D eigenvalue weighted by molar-refractivity contribution is -0.128. The molecule has 2 bridgehead atoms. The zero-order valence-electron chi connectivity index (χ0n) is 14.4. The molecular formula is C16H22N2O5S2. The molecule has 0 aromatic rings. The van der Waals surface area contributed by atoms with Crippen molar-refractivity contribution in [3.63, 3.8) is 0 Å². The molecule has 2 unspecified atom stereocenters. The van der Waals surface area contributed by atoms with Gasteiger partial charge < -0.3 is 0 Å². The molecule has 0 aromatic carbocycles. The molecule has 4 aliphatic rings. The van der Waals surface area contributed by atoms with Crippen LogP contribution in [0.2, 0.25) is 0 Å². The van der Waals surface area contributed by atoms with E-state index in [-0.39, 0.29) is 58.9 Å². The number of Topliss-reactive ketones (excluding diaryl/α,β-unsaturated/α-hetero) is 1. The third kappa shape index (κ3) is 2.28. The lowest BCUT2D eigenvalue weighted by Gasteiger charge is -2.44. The van der Waals surface area contributed by atoms with E-state index in [1.54, 1.807) is 0 Å². The van der Waals surface area contributed by atoms with E-state index < -0.39 is 15.4 Å². The van der Waals surface area contributed by atoms with Crippen molar-refractivity contribution in [1.82, 2.24) is 9.21 Å². The highest BCUT2D eigenvalue weighted by Crippen LogP contribution is 2.64. The maximum atomic E-state index is 12.9.